The second kappa shape index (κ2) is 6.86. The van der Waals surface area contributed by atoms with Crippen LogP contribution in [0.3, 0.4) is 0 Å². The number of rotatable bonds is 6. The number of ether oxygens (including phenoxy) is 1. The first-order valence-electron chi connectivity index (χ1n) is 6.69. The summed E-state index contributed by atoms with van der Waals surface area (Å²) in [5.41, 5.74) is 6.62. The molecule has 0 spiro atoms. The standard InChI is InChI=1S/C14H22N2O3/c15-8-11-2-4-12(5-3-11)19-7-1-6-16-9-13(17)14(18)10-16/h2-5,13-14,17-18H,1,6-10,15H2. The summed E-state index contributed by atoms with van der Waals surface area (Å²) in [7, 11) is 0. The third-order valence-electron chi connectivity index (χ3n) is 3.38. The number of nitrogens with zero attached hydrogens (tertiary/aromatic N) is 1. The zero-order valence-electron chi connectivity index (χ0n) is 11.0. The van der Waals surface area contributed by atoms with Gasteiger partial charge in [-0.05, 0) is 24.1 Å². The van der Waals surface area contributed by atoms with Crippen LogP contribution in [0.4, 0.5) is 0 Å². The number of hydrogen-bond acceptors (Lipinski definition) is 5. The van der Waals surface area contributed by atoms with Crippen LogP contribution in [0.15, 0.2) is 24.3 Å². The fourth-order valence-corrected chi connectivity index (χ4v) is 2.23. The number of nitrogens with two attached hydrogens (primary N) is 1. The van der Waals surface area contributed by atoms with Crippen molar-refractivity contribution in [3.8, 4) is 5.75 Å². The van der Waals surface area contributed by atoms with E-state index >= 15 is 0 Å². The lowest BCUT2D eigenvalue weighted by atomic mass is 10.2. The number of hydrogen-bond donors (Lipinski definition) is 3. The van der Waals surface area contributed by atoms with Gasteiger partial charge in [-0.3, -0.25) is 4.90 Å². The van der Waals surface area contributed by atoms with Gasteiger partial charge in [0.2, 0.25) is 0 Å². The second-order valence-electron chi connectivity index (χ2n) is 4.94. The summed E-state index contributed by atoms with van der Waals surface area (Å²) in [6, 6.07) is 7.77. The Balaban J connectivity index is 1.64. The van der Waals surface area contributed by atoms with Crippen LogP contribution in [0.1, 0.15) is 12.0 Å². The van der Waals surface area contributed by atoms with Crippen molar-refractivity contribution in [2.75, 3.05) is 26.2 Å². The van der Waals surface area contributed by atoms with Crippen molar-refractivity contribution in [2.45, 2.75) is 25.2 Å². The average Bonchev–Trinajstić information content (AvgIpc) is 2.74. The zero-order chi connectivity index (χ0) is 13.7. The molecule has 106 valence electrons. The van der Waals surface area contributed by atoms with Crippen molar-refractivity contribution in [3.63, 3.8) is 0 Å². The molecule has 1 aromatic rings. The number of β-amino-alcohol motifs (C(OH)–C–C–N with tert-alkyl or cyclic N) is 2. The Morgan fingerprint density at radius 1 is 1.16 bits per heavy atom. The smallest absolute Gasteiger partial charge is 0.119 e. The van der Waals surface area contributed by atoms with E-state index < -0.39 is 12.2 Å². The molecule has 5 heteroatoms. The van der Waals surface area contributed by atoms with Gasteiger partial charge < -0.3 is 20.7 Å². The Labute approximate surface area is 113 Å². The predicted octanol–water partition coefficient (Wildman–Crippen LogP) is -0.0484. The van der Waals surface area contributed by atoms with Crippen LogP contribution in [0.2, 0.25) is 0 Å². The largest absolute Gasteiger partial charge is 0.494 e. The summed E-state index contributed by atoms with van der Waals surface area (Å²) in [5.74, 6) is 0.846. The van der Waals surface area contributed by atoms with Gasteiger partial charge in [-0.15, -0.1) is 0 Å². The van der Waals surface area contributed by atoms with E-state index in [0.29, 0.717) is 26.2 Å². The van der Waals surface area contributed by atoms with E-state index in [4.69, 9.17) is 10.5 Å². The highest BCUT2D eigenvalue weighted by atomic mass is 16.5. The van der Waals surface area contributed by atoms with E-state index in [1.54, 1.807) is 0 Å². The molecule has 1 heterocycles. The van der Waals surface area contributed by atoms with Gasteiger partial charge in [-0.1, -0.05) is 12.1 Å². The molecule has 1 saturated heterocycles. The zero-order valence-corrected chi connectivity index (χ0v) is 11.0. The molecule has 2 atom stereocenters. The highest BCUT2D eigenvalue weighted by Gasteiger charge is 2.28. The lowest BCUT2D eigenvalue weighted by Crippen LogP contribution is -2.24. The topological polar surface area (TPSA) is 79.0 Å². The first-order valence-corrected chi connectivity index (χ1v) is 6.69. The Kier molecular flexibility index (Phi) is 5.15. The molecule has 1 aliphatic heterocycles. The highest BCUT2D eigenvalue weighted by molar-refractivity contribution is 5.26. The minimum atomic E-state index is -0.607. The Hall–Kier alpha value is -1.14. The monoisotopic (exact) mass is 266 g/mol. The summed E-state index contributed by atoms with van der Waals surface area (Å²) in [6.07, 6.45) is -0.340. The van der Waals surface area contributed by atoms with Crippen LogP contribution in [0.25, 0.3) is 0 Å². The van der Waals surface area contributed by atoms with Crippen molar-refractivity contribution in [1.82, 2.24) is 4.90 Å². The first kappa shape index (κ1) is 14.3. The van der Waals surface area contributed by atoms with E-state index in [1.807, 2.05) is 24.3 Å². The molecule has 5 nitrogen and oxygen atoms in total. The van der Waals surface area contributed by atoms with Gasteiger partial charge >= 0.3 is 0 Å². The molecule has 0 aromatic heterocycles. The molecule has 19 heavy (non-hydrogen) atoms. The maximum Gasteiger partial charge on any atom is 0.119 e. The quantitative estimate of drug-likeness (QED) is 0.629. The van der Waals surface area contributed by atoms with Crippen LogP contribution in [-0.2, 0) is 6.54 Å². The van der Waals surface area contributed by atoms with Gasteiger partial charge in [-0.2, -0.15) is 0 Å². The Bertz CT molecular complexity index is 373. The minimum Gasteiger partial charge on any atom is -0.494 e. The minimum absolute atomic E-state index is 0.542. The highest BCUT2D eigenvalue weighted by Crippen LogP contribution is 2.13. The molecule has 0 saturated carbocycles. The molecule has 1 fully saturated rings. The van der Waals surface area contributed by atoms with E-state index in [0.717, 1.165) is 24.3 Å². The summed E-state index contributed by atoms with van der Waals surface area (Å²) >= 11 is 0. The van der Waals surface area contributed by atoms with Gasteiger partial charge in [0.25, 0.3) is 0 Å². The summed E-state index contributed by atoms with van der Waals surface area (Å²) in [5, 5.41) is 18.8. The van der Waals surface area contributed by atoms with Crippen molar-refractivity contribution < 1.29 is 14.9 Å². The Morgan fingerprint density at radius 3 is 2.37 bits per heavy atom. The average molecular weight is 266 g/mol. The fourth-order valence-electron chi connectivity index (χ4n) is 2.23. The third-order valence-corrected chi connectivity index (χ3v) is 3.38. The van der Waals surface area contributed by atoms with E-state index in [2.05, 4.69) is 4.90 Å². The number of aliphatic hydroxyl groups is 2. The van der Waals surface area contributed by atoms with E-state index in [9.17, 15) is 10.2 Å². The number of aliphatic hydroxyl groups excluding tert-OH is 2. The lowest BCUT2D eigenvalue weighted by molar-refractivity contribution is 0.0572. The molecule has 2 rings (SSSR count). The summed E-state index contributed by atoms with van der Waals surface area (Å²) in [6.45, 7) is 3.10. The van der Waals surface area contributed by atoms with Gasteiger partial charge in [0.1, 0.15) is 5.75 Å². The SMILES string of the molecule is NCc1ccc(OCCCN2CC(O)C(O)C2)cc1. The van der Waals surface area contributed by atoms with Crippen LogP contribution in [-0.4, -0.2) is 53.6 Å². The van der Waals surface area contributed by atoms with E-state index in [1.165, 1.54) is 0 Å². The number of likely N-dealkylation sites (tertiary alicyclic amines) is 1. The van der Waals surface area contributed by atoms with Crippen molar-refractivity contribution >= 4 is 0 Å². The van der Waals surface area contributed by atoms with Gasteiger partial charge in [0, 0.05) is 26.2 Å². The maximum absolute atomic E-state index is 9.42. The Morgan fingerprint density at radius 2 is 1.79 bits per heavy atom. The van der Waals surface area contributed by atoms with Gasteiger partial charge in [0.15, 0.2) is 0 Å². The van der Waals surface area contributed by atoms with Crippen LogP contribution >= 0.6 is 0 Å². The molecule has 0 radical (unpaired) electrons. The predicted molar refractivity (Wildman–Crippen MR) is 72.9 cm³/mol. The van der Waals surface area contributed by atoms with Gasteiger partial charge in [0.05, 0.1) is 18.8 Å². The molecule has 1 aromatic carbocycles. The molecular formula is C14H22N2O3. The fraction of sp³-hybridized carbons (Fsp3) is 0.571. The van der Waals surface area contributed by atoms with Crippen molar-refractivity contribution in [3.05, 3.63) is 29.8 Å². The second-order valence-corrected chi connectivity index (χ2v) is 4.94. The molecule has 2 unspecified atom stereocenters. The molecule has 0 amide bonds. The first-order chi connectivity index (χ1) is 9.19. The molecule has 0 bridgehead atoms. The molecular weight excluding hydrogens is 244 g/mol. The van der Waals surface area contributed by atoms with Gasteiger partial charge in [-0.25, -0.2) is 0 Å². The molecule has 1 aliphatic rings. The van der Waals surface area contributed by atoms with Crippen molar-refractivity contribution in [2.24, 2.45) is 5.73 Å². The maximum atomic E-state index is 9.42. The van der Waals surface area contributed by atoms with Crippen LogP contribution in [0.5, 0.6) is 5.75 Å². The number of benzene rings is 1. The normalized spacial score (nSPS) is 23.7. The summed E-state index contributed by atoms with van der Waals surface area (Å²) in [4.78, 5) is 2.05. The molecule has 0 aliphatic carbocycles. The van der Waals surface area contributed by atoms with Crippen molar-refractivity contribution in [1.29, 1.82) is 0 Å². The molecule has 4 N–H and O–H groups in total. The van der Waals surface area contributed by atoms with E-state index in [-0.39, 0.29) is 0 Å². The third kappa shape index (κ3) is 4.18. The summed E-state index contributed by atoms with van der Waals surface area (Å²) < 4.78 is 5.63. The van der Waals surface area contributed by atoms with Crippen LogP contribution in [0, 0.1) is 0 Å². The lowest BCUT2D eigenvalue weighted by Gasteiger charge is -2.14. The van der Waals surface area contributed by atoms with Crippen LogP contribution < -0.4 is 10.5 Å².